The van der Waals surface area contributed by atoms with Crippen LogP contribution in [0, 0.1) is 5.82 Å². The smallest absolute Gasteiger partial charge is 0.325 e. The SMILES string of the molecule is CN1C(=O)NC(=O)C2C1N=C(SCc1ccc(F)cc1)N2CCCc1ccccc1. The minimum Gasteiger partial charge on any atom is -0.336 e. The number of urea groups is 1. The molecule has 1 saturated heterocycles. The summed E-state index contributed by atoms with van der Waals surface area (Å²) in [6, 6.07) is 15.6. The van der Waals surface area contributed by atoms with Crippen LogP contribution >= 0.6 is 11.8 Å². The van der Waals surface area contributed by atoms with Crippen molar-refractivity contribution in [2.24, 2.45) is 4.99 Å². The number of nitrogens with one attached hydrogen (secondary N) is 1. The zero-order chi connectivity index (χ0) is 21.1. The topological polar surface area (TPSA) is 65.0 Å². The van der Waals surface area contributed by atoms with E-state index in [4.69, 9.17) is 4.99 Å². The lowest BCUT2D eigenvalue weighted by molar-refractivity contribution is -0.127. The van der Waals surface area contributed by atoms with Crippen molar-refractivity contribution in [2.75, 3.05) is 13.6 Å². The molecule has 1 fully saturated rings. The van der Waals surface area contributed by atoms with Crippen molar-refractivity contribution in [2.45, 2.75) is 30.8 Å². The Morgan fingerprint density at radius 1 is 1.07 bits per heavy atom. The molecule has 2 aromatic rings. The monoisotopic (exact) mass is 426 g/mol. The Kier molecular flexibility index (Phi) is 6.03. The zero-order valence-corrected chi connectivity index (χ0v) is 17.4. The van der Waals surface area contributed by atoms with Gasteiger partial charge >= 0.3 is 6.03 Å². The maximum absolute atomic E-state index is 13.2. The average Bonchev–Trinajstić information content (AvgIpc) is 3.12. The molecule has 0 spiro atoms. The third-order valence-corrected chi connectivity index (χ3v) is 6.39. The van der Waals surface area contributed by atoms with Gasteiger partial charge in [-0.15, -0.1) is 0 Å². The molecule has 30 heavy (non-hydrogen) atoms. The van der Waals surface area contributed by atoms with Gasteiger partial charge in [0.15, 0.2) is 17.4 Å². The Balaban J connectivity index is 1.48. The predicted octanol–water partition coefficient (Wildman–Crippen LogP) is 3.24. The first-order chi connectivity index (χ1) is 14.5. The molecule has 2 heterocycles. The van der Waals surface area contributed by atoms with E-state index in [1.807, 2.05) is 23.1 Å². The summed E-state index contributed by atoms with van der Waals surface area (Å²) in [7, 11) is 1.65. The maximum Gasteiger partial charge on any atom is 0.325 e. The van der Waals surface area contributed by atoms with E-state index in [1.54, 1.807) is 19.2 Å². The lowest BCUT2D eigenvalue weighted by Gasteiger charge is -2.36. The van der Waals surface area contributed by atoms with E-state index in [0.717, 1.165) is 23.6 Å². The van der Waals surface area contributed by atoms with Crippen LogP contribution in [0.15, 0.2) is 59.6 Å². The van der Waals surface area contributed by atoms with Crippen molar-refractivity contribution >= 4 is 28.9 Å². The normalized spacial score (nSPS) is 20.8. The number of likely N-dealkylation sites (N-methyl/N-ethyl adjacent to an activating group) is 1. The fraction of sp³-hybridized carbons (Fsp3) is 0.318. The second kappa shape index (κ2) is 8.87. The fourth-order valence-corrected chi connectivity index (χ4v) is 4.72. The molecule has 6 nitrogen and oxygen atoms in total. The molecule has 156 valence electrons. The fourth-order valence-electron chi connectivity index (χ4n) is 3.68. The molecule has 2 unspecified atom stereocenters. The zero-order valence-electron chi connectivity index (χ0n) is 16.6. The molecule has 4 rings (SSSR count). The minimum absolute atomic E-state index is 0.271. The van der Waals surface area contributed by atoms with Crippen molar-refractivity contribution < 1.29 is 14.0 Å². The van der Waals surface area contributed by atoms with Crippen LogP contribution in [0.25, 0.3) is 0 Å². The molecule has 2 aliphatic rings. The highest BCUT2D eigenvalue weighted by Crippen LogP contribution is 2.30. The van der Waals surface area contributed by atoms with Gasteiger partial charge in [0.25, 0.3) is 5.91 Å². The highest BCUT2D eigenvalue weighted by Gasteiger charge is 2.48. The Morgan fingerprint density at radius 2 is 1.80 bits per heavy atom. The van der Waals surface area contributed by atoms with Crippen LogP contribution in [-0.2, 0) is 17.0 Å². The molecule has 0 bridgehead atoms. The predicted molar refractivity (Wildman–Crippen MR) is 115 cm³/mol. The number of imide groups is 1. The van der Waals surface area contributed by atoms with Crippen molar-refractivity contribution in [1.29, 1.82) is 0 Å². The molecule has 2 aliphatic heterocycles. The van der Waals surface area contributed by atoms with Gasteiger partial charge in [-0.1, -0.05) is 54.2 Å². The van der Waals surface area contributed by atoms with Crippen LogP contribution in [0.4, 0.5) is 9.18 Å². The van der Waals surface area contributed by atoms with Gasteiger partial charge in [-0.05, 0) is 36.1 Å². The third kappa shape index (κ3) is 4.33. The Morgan fingerprint density at radius 3 is 2.53 bits per heavy atom. The van der Waals surface area contributed by atoms with Crippen molar-refractivity contribution in [3.8, 4) is 0 Å². The first-order valence-corrected chi connectivity index (χ1v) is 10.8. The number of thioether (sulfide) groups is 1. The largest absolute Gasteiger partial charge is 0.336 e. The van der Waals surface area contributed by atoms with Crippen molar-refractivity contribution in [1.82, 2.24) is 15.1 Å². The Bertz CT molecular complexity index is 951. The number of rotatable bonds is 6. The molecule has 2 atom stereocenters. The van der Waals surface area contributed by atoms with E-state index in [-0.39, 0.29) is 11.7 Å². The summed E-state index contributed by atoms with van der Waals surface area (Å²) < 4.78 is 13.2. The lowest BCUT2D eigenvalue weighted by Crippen LogP contribution is -2.63. The number of hydrogen-bond donors (Lipinski definition) is 1. The highest BCUT2D eigenvalue weighted by atomic mass is 32.2. The first kappa shape index (κ1) is 20.4. The van der Waals surface area contributed by atoms with Gasteiger partial charge in [0.05, 0.1) is 0 Å². The molecule has 0 aromatic heterocycles. The number of nitrogens with zero attached hydrogens (tertiary/aromatic N) is 3. The van der Waals surface area contributed by atoms with Gasteiger partial charge < -0.3 is 9.80 Å². The molecule has 8 heteroatoms. The minimum atomic E-state index is -0.529. The number of hydrogen-bond acceptors (Lipinski definition) is 5. The summed E-state index contributed by atoms with van der Waals surface area (Å²) in [5.41, 5.74) is 2.21. The van der Waals surface area contributed by atoms with E-state index in [1.165, 1.54) is 34.4 Å². The summed E-state index contributed by atoms with van der Waals surface area (Å²) in [5.74, 6) is 0.0174. The number of aryl methyl sites for hydroxylation is 1. The van der Waals surface area contributed by atoms with Crippen LogP contribution in [0.5, 0.6) is 0 Å². The second-order valence-corrected chi connectivity index (χ2v) is 8.32. The van der Waals surface area contributed by atoms with Crippen molar-refractivity contribution in [3.63, 3.8) is 0 Å². The third-order valence-electron chi connectivity index (χ3n) is 5.31. The highest BCUT2D eigenvalue weighted by molar-refractivity contribution is 8.13. The summed E-state index contributed by atoms with van der Waals surface area (Å²) in [6.07, 6.45) is 1.22. The van der Waals surface area contributed by atoms with E-state index in [0.29, 0.717) is 12.3 Å². The Labute approximate surface area is 179 Å². The average molecular weight is 427 g/mol. The number of amidine groups is 1. The maximum atomic E-state index is 13.2. The lowest BCUT2D eigenvalue weighted by atomic mass is 10.1. The number of amides is 3. The van der Waals surface area contributed by atoms with E-state index >= 15 is 0 Å². The van der Waals surface area contributed by atoms with Crippen LogP contribution in [0.3, 0.4) is 0 Å². The van der Waals surface area contributed by atoms with Crippen LogP contribution in [-0.4, -0.2) is 52.7 Å². The van der Waals surface area contributed by atoms with Crippen LogP contribution < -0.4 is 5.32 Å². The number of aliphatic imine (C=N–C) groups is 1. The van der Waals surface area contributed by atoms with E-state index in [9.17, 15) is 14.0 Å². The Hall–Kier alpha value is -2.87. The van der Waals surface area contributed by atoms with Gasteiger partial charge in [0, 0.05) is 19.3 Å². The number of fused-ring (bicyclic) bond motifs is 1. The summed E-state index contributed by atoms with van der Waals surface area (Å²) in [6.45, 7) is 0.654. The molecule has 3 amide bonds. The molecule has 0 radical (unpaired) electrons. The van der Waals surface area contributed by atoms with Gasteiger partial charge in [-0.25, -0.2) is 14.2 Å². The van der Waals surface area contributed by atoms with E-state index < -0.39 is 18.2 Å². The molecular weight excluding hydrogens is 403 g/mol. The number of carbonyl (C=O) groups is 2. The van der Waals surface area contributed by atoms with Gasteiger partial charge in [0.1, 0.15) is 5.82 Å². The molecule has 2 aromatic carbocycles. The van der Waals surface area contributed by atoms with E-state index in [2.05, 4.69) is 17.4 Å². The van der Waals surface area contributed by atoms with Crippen LogP contribution in [0.1, 0.15) is 17.5 Å². The molecule has 1 N–H and O–H groups in total. The summed E-state index contributed by atoms with van der Waals surface area (Å²) in [4.78, 5) is 32.8. The summed E-state index contributed by atoms with van der Waals surface area (Å²) in [5, 5.41) is 3.16. The van der Waals surface area contributed by atoms with Crippen molar-refractivity contribution in [3.05, 3.63) is 71.5 Å². The molecular formula is C22H23FN4O2S. The number of benzene rings is 2. The van der Waals surface area contributed by atoms with Crippen LogP contribution in [0.2, 0.25) is 0 Å². The van der Waals surface area contributed by atoms with Gasteiger partial charge in [-0.2, -0.15) is 0 Å². The number of carbonyl (C=O) groups excluding carboxylic acids is 2. The van der Waals surface area contributed by atoms with Gasteiger partial charge in [-0.3, -0.25) is 10.1 Å². The first-order valence-electron chi connectivity index (χ1n) is 9.86. The second-order valence-electron chi connectivity index (χ2n) is 7.37. The summed E-state index contributed by atoms with van der Waals surface area (Å²) >= 11 is 1.50. The molecule has 0 saturated carbocycles. The quantitative estimate of drug-likeness (QED) is 0.770. The number of halogens is 1. The van der Waals surface area contributed by atoms with Gasteiger partial charge in [0.2, 0.25) is 0 Å². The molecule has 0 aliphatic carbocycles. The standard InChI is InChI=1S/C22H23FN4O2S/c1-26-19-18(20(28)25-21(26)29)27(13-5-8-15-6-3-2-4-7-15)22(24-19)30-14-16-9-11-17(23)12-10-16/h2-4,6-7,9-12,18-19H,5,8,13-14H2,1H3,(H,25,28,29).